The summed E-state index contributed by atoms with van der Waals surface area (Å²) in [5, 5.41) is 7.36. The molecule has 5 heteroatoms. The fourth-order valence-corrected chi connectivity index (χ4v) is 2.22. The van der Waals surface area contributed by atoms with E-state index in [1.165, 1.54) is 0 Å². The third-order valence-electron chi connectivity index (χ3n) is 3.16. The molecule has 4 nitrogen and oxygen atoms in total. The summed E-state index contributed by atoms with van der Waals surface area (Å²) >= 11 is 6.15. The van der Waals surface area contributed by atoms with E-state index >= 15 is 0 Å². The van der Waals surface area contributed by atoms with Crippen molar-refractivity contribution in [2.24, 2.45) is 0 Å². The Balaban J connectivity index is 2.38. The van der Waals surface area contributed by atoms with Crippen molar-refractivity contribution in [3.8, 4) is 0 Å². The summed E-state index contributed by atoms with van der Waals surface area (Å²) in [5.74, 6) is 1.70. The molecule has 0 aliphatic heterocycles. The van der Waals surface area contributed by atoms with Crippen LogP contribution in [0.5, 0.6) is 0 Å². The van der Waals surface area contributed by atoms with Crippen molar-refractivity contribution in [1.82, 2.24) is 9.97 Å². The van der Waals surface area contributed by atoms with Gasteiger partial charge >= 0.3 is 0 Å². The number of nitrogens with one attached hydrogen (secondary N) is 2. The average molecular weight is 291 g/mol. The summed E-state index contributed by atoms with van der Waals surface area (Å²) in [7, 11) is 0. The minimum atomic E-state index is 0.744. The second kappa shape index (κ2) is 6.57. The van der Waals surface area contributed by atoms with E-state index in [1.54, 1.807) is 6.33 Å². The molecular formula is C15H19ClN4. The Morgan fingerprint density at radius 3 is 2.60 bits per heavy atom. The first-order chi connectivity index (χ1) is 9.67. The molecule has 20 heavy (non-hydrogen) atoms. The molecule has 0 saturated carbocycles. The first-order valence-corrected chi connectivity index (χ1v) is 7.15. The van der Waals surface area contributed by atoms with E-state index < -0.39 is 0 Å². The molecule has 0 fully saturated rings. The smallest absolute Gasteiger partial charge is 0.139 e. The van der Waals surface area contributed by atoms with E-state index in [1.807, 2.05) is 25.1 Å². The van der Waals surface area contributed by atoms with Crippen molar-refractivity contribution < 1.29 is 0 Å². The van der Waals surface area contributed by atoms with Crippen LogP contribution in [0.2, 0.25) is 5.02 Å². The molecule has 0 aliphatic carbocycles. The number of nitrogens with zero attached hydrogens (tertiary/aromatic N) is 2. The van der Waals surface area contributed by atoms with Gasteiger partial charge < -0.3 is 10.6 Å². The Bertz CT molecular complexity index is 598. The highest BCUT2D eigenvalue weighted by molar-refractivity contribution is 6.31. The molecule has 0 bridgehead atoms. The van der Waals surface area contributed by atoms with Gasteiger partial charge in [-0.1, -0.05) is 24.6 Å². The van der Waals surface area contributed by atoms with Crippen LogP contribution in [-0.2, 0) is 6.42 Å². The van der Waals surface area contributed by atoms with Crippen molar-refractivity contribution in [3.63, 3.8) is 0 Å². The zero-order valence-corrected chi connectivity index (χ0v) is 12.8. The summed E-state index contributed by atoms with van der Waals surface area (Å²) in [5.41, 5.74) is 3.06. The lowest BCUT2D eigenvalue weighted by Crippen LogP contribution is -2.07. The lowest BCUT2D eigenvalue weighted by molar-refractivity contribution is 1.03. The van der Waals surface area contributed by atoms with Gasteiger partial charge in [-0.05, 0) is 38.0 Å². The van der Waals surface area contributed by atoms with E-state index in [-0.39, 0.29) is 0 Å². The highest BCUT2D eigenvalue weighted by atomic mass is 35.5. The number of aromatic nitrogens is 2. The molecule has 1 aromatic carbocycles. The molecule has 0 atom stereocenters. The van der Waals surface area contributed by atoms with Crippen LogP contribution in [-0.4, -0.2) is 16.5 Å². The lowest BCUT2D eigenvalue weighted by atomic mass is 10.1. The predicted octanol–water partition coefficient (Wildman–Crippen LogP) is 4.18. The summed E-state index contributed by atoms with van der Waals surface area (Å²) in [6.45, 7) is 6.97. The number of benzene rings is 1. The Morgan fingerprint density at radius 1 is 1.15 bits per heavy atom. The van der Waals surface area contributed by atoms with Crippen LogP contribution >= 0.6 is 11.6 Å². The molecule has 1 heterocycles. The zero-order chi connectivity index (χ0) is 14.5. The highest BCUT2D eigenvalue weighted by Gasteiger charge is 2.11. The van der Waals surface area contributed by atoms with Gasteiger partial charge in [0.15, 0.2) is 0 Å². The van der Waals surface area contributed by atoms with Crippen molar-refractivity contribution in [2.75, 3.05) is 17.2 Å². The molecule has 2 rings (SSSR count). The molecular weight excluding hydrogens is 272 g/mol. The quantitative estimate of drug-likeness (QED) is 0.867. The molecule has 1 aromatic heterocycles. The Labute approximate surface area is 124 Å². The maximum absolute atomic E-state index is 6.15. The maximum Gasteiger partial charge on any atom is 0.139 e. The first-order valence-electron chi connectivity index (χ1n) is 6.77. The van der Waals surface area contributed by atoms with Crippen molar-refractivity contribution in [2.45, 2.75) is 27.2 Å². The molecule has 0 radical (unpaired) electrons. The van der Waals surface area contributed by atoms with Crippen LogP contribution in [0.3, 0.4) is 0 Å². The molecule has 0 saturated heterocycles. The predicted molar refractivity (Wildman–Crippen MR) is 85.0 cm³/mol. The average Bonchev–Trinajstić information content (AvgIpc) is 2.44. The van der Waals surface area contributed by atoms with Crippen LogP contribution in [0.15, 0.2) is 24.5 Å². The van der Waals surface area contributed by atoms with Crippen LogP contribution in [0, 0.1) is 6.92 Å². The normalized spacial score (nSPS) is 10.4. The van der Waals surface area contributed by atoms with E-state index in [4.69, 9.17) is 11.6 Å². The number of rotatable bonds is 5. The lowest BCUT2D eigenvalue weighted by Gasteiger charge is -2.15. The summed E-state index contributed by atoms with van der Waals surface area (Å²) < 4.78 is 0. The van der Waals surface area contributed by atoms with Crippen LogP contribution in [0.4, 0.5) is 17.3 Å². The Hall–Kier alpha value is -1.81. The molecule has 106 valence electrons. The SMILES string of the molecule is CCNc1ncnc(Nc2cccc(Cl)c2C)c1CC. The van der Waals surface area contributed by atoms with Gasteiger partial charge in [0, 0.05) is 22.8 Å². The van der Waals surface area contributed by atoms with Gasteiger partial charge in [0.05, 0.1) is 0 Å². The molecule has 2 aromatic rings. The van der Waals surface area contributed by atoms with Crippen molar-refractivity contribution in [1.29, 1.82) is 0 Å². The van der Waals surface area contributed by atoms with Crippen LogP contribution < -0.4 is 10.6 Å². The number of hydrogen-bond donors (Lipinski definition) is 2. The van der Waals surface area contributed by atoms with Gasteiger partial charge in [-0.2, -0.15) is 0 Å². The molecule has 0 aliphatic rings. The third-order valence-corrected chi connectivity index (χ3v) is 3.57. The highest BCUT2D eigenvalue weighted by Crippen LogP contribution is 2.28. The van der Waals surface area contributed by atoms with Crippen LogP contribution in [0.25, 0.3) is 0 Å². The first kappa shape index (κ1) is 14.6. The molecule has 0 spiro atoms. The Kier molecular flexibility index (Phi) is 4.79. The summed E-state index contributed by atoms with van der Waals surface area (Å²) in [6, 6.07) is 5.80. The minimum absolute atomic E-state index is 0.744. The van der Waals surface area contributed by atoms with Gasteiger partial charge in [-0.3, -0.25) is 0 Å². The Morgan fingerprint density at radius 2 is 1.90 bits per heavy atom. The molecule has 0 unspecified atom stereocenters. The van der Waals surface area contributed by atoms with Gasteiger partial charge in [0.2, 0.25) is 0 Å². The standard InChI is InChI=1S/C15H19ClN4/c1-4-11-14(17-5-2)18-9-19-15(11)20-13-8-6-7-12(16)10(13)3/h6-9H,4-5H2,1-3H3,(H2,17,18,19,20). The minimum Gasteiger partial charge on any atom is -0.370 e. The molecule has 0 amide bonds. The topological polar surface area (TPSA) is 49.8 Å². The monoisotopic (exact) mass is 290 g/mol. The van der Waals surface area contributed by atoms with Crippen molar-refractivity contribution >= 4 is 28.9 Å². The number of anilines is 3. The fourth-order valence-electron chi connectivity index (χ4n) is 2.05. The second-order valence-electron chi connectivity index (χ2n) is 4.47. The van der Waals surface area contributed by atoms with E-state index in [2.05, 4.69) is 34.4 Å². The largest absolute Gasteiger partial charge is 0.370 e. The van der Waals surface area contributed by atoms with Crippen LogP contribution in [0.1, 0.15) is 25.0 Å². The van der Waals surface area contributed by atoms with E-state index in [0.29, 0.717) is 0 Å². The van der Waals surface area contributed by atoms with E-state index in [9.17, 15) is 0 Å². The van der Waals surface area contributed by atoms with Gasteiger partial charge in [0.1, 0.15) is 18.0 Å². The second-order valence-corrected chi connectivity index (χ2v) is 4.88. The third kappa shape index (κ3) is 3.02. The molecule has 2 N–H and O–H groups in total. The van der Waals surface area contributed by atoms with Gasteiger partial charge in [-0.25, -0.2) is 9.97 Å². The maximum atomic E-state index is 6.15. The zero-order valence-electron chi connectivity index (χ0n) is 12.0. The summed E-state index contributed by atoms with van der Waals surface area (Å²) in [4.78, 5) is 8.65. The van der Waals surface area contributed by atoms with Gasteiger partial charge in [0.25, 0.3) is 0 Å². The number of halogens is 1. The van der Waals surface area contributed by atoms with Crippen molar-refractivity contribution in [3.05, 3.63) is 40.7 Å². The van der Waals surface area contributed by atoms with E-state index in [0.717, 1.165) is 46.4 Å². The van der Waals surface area contributed by atoms with Gasteiger partial charge in [-0.15, -0.1) is 0 Å². The fraction of sp³-hybridized carbons (Fsp3) is 0.333. The summed E-state index contributed by atoms with van der Waals surface area (Å²) in [6.07, 6.45) is 2.42. The number of hydrogen-bond acceptors (Lipinski definition) is 4.